The lowest BCUT2D eigenvalue weighted by atomic mass is 10.2. The summed E-state index contributed by atoms with van der Waals surface area (Å²) in [5.41, 5.74) is 1.78. The van der Waals surface area contributed by atoms with Crippen LogP contribution >= 0.6 is 0 Å². The average molecular weight is 323 g/mol. The molecule has 0 aliphatic heterocycles. The number of hydrogen-bond acceptors (Lipinski definition) is 4. The molecule has 24 heavy (non-hydrogen) atoms. The monoisotopic (exact) mass is 323 g/mol. The van der Waals surface area contributed by atoms with Crippen molar-refractivity contribution in [3.63, 3.8) is 0 Å². The van der Waals surface area contributed by atoms with E-state index in [2.05, 4.69) is 10.6 Å². The Morgan fingerprint density at radius 2 is 1.54 bits per heavy atom. The van der Waals surface area contributed by atoms with Crippen molar-refractivity contribution in [2.24, 2.45) is 0 Å². The van der Waals surface area contributed by atoms with E-state index < -0.39 is 6.10 Å². The molecule has 0 saturated carbocycles. The Labute approximate surface area is 140 Å². The van der Waals surface area contributed by atoms with E-state index in [0.717, 1.165) is 0 Å². The highest BCUT2D eigenvalue weighted by Crippen LogP contribution is 2.16. The van der Waals surface area contributed by atoms with Gasteiger partial charge in [0.15, 0.2) is 6.10 Å². The molecule has 1 atom stereocenters. The van der Waals surface area contributed by atoms with Crippen LogP contribution in [0.4, 0.5) is 11.4 Å². The third-order valence-corrected chi connectivity index (χ3v) is 3.14. The second kappa shape index (κ2) is 7.79. The first-order valence-electron chi connectivity index (χ1n) is 7.33. The topological polar surface area (TPSA) is 91.2 Å². The van der Waals surface area contributed by atoms with E-state index in [-0.39, 0.29) is 11.8 Å². The molecule has 0 spiro atoms. The summed E-state index contributed by atoms with van der Waals surface area (Å²) in [4.78, 5) is 23.1. The van der Waals surface area contributed by atoms with Gasteiger partial charge in [0.2, 0.25) is 5.91 Å². The predicted molar refractivity (Wildman–Crippen MR) is 90.6 cm³/mol. The highest BCUT2D eigenvalue weighted by atomic mass is 16.5. The summed E-state index contributed by atoms with van der Waals surface area (Å²) in [6.07, 6.45) is -0.701. The largest absolute Gasteiger partial charge is 0.481 e. The van der Waals surface area contributed by atoms with Crippen LogP contribution in [0.3, 0.4) is 0 Å². The van der Waals surface area contributed by atoms with Crippen molar-refractivity contribution in [3.05, 3.63) is 54.1 Å². The van der Waals surface area contributed by atoms with E-state index in [1.165, 1.54) is 6.92 Å². The van der Waals surface area contributed by atoms with Gasteiger partial charge in [-0.25, -0.2) is 0 Å². The van der Waals surface area contributed by atoms with Crippen molar-refractivity contribution < 1.29 is 14.3 Å². The van der Waals surface area contributed by atoms with Crippen molar-refractivity contribution in [2.75, 3.05) is 10.6 Å². The molecule has 2 amide bonds. The number of rotatable bonds is 5. The molecule has 6 nitrogen and oxygen atoms in total. The third-order valence-electron chi connectivity index (χ3n) is 3.14. The molecular weight excluding hydrogens is 306 g/mol. The number of ether oxygens (including phenoxy) is 1. The Hall–Kier alpha value is -3.33. The second-order valence-electron chi connectivity index (χ2n) is 5.14. The molecule has 2 N–H and O–H groups in total. The third kappa shape index (κ3) is 4.85. The normalized spacial score (nSPS) is 11.0. The summed E-state index contributed by atoms with van der Waals surface area (Å²) in [6, 6.07) is 15.3. The summed E-state index contributed by atoms with van der Waals surface area (Å²) in [5.74, 6) is 0.0560. The Morgan fingerprint density at radius 3 is 2.04 bits per heavy atom. The van der Waals surface area contributed by atoms with E-state index in [1.807, 2.05) is 6.07 Å². The highest BCUT2D eigenvalue weighted by Gasteiger charge is 2.15. The van der Waals surface area contributed by atoms with Crippen LogP contribution in [0.25, 0.3) is 0 Å². The van der Waals surface area contributed by atoms with Crippen LogP contribution in [-0.4, -0.2) is 17.9 Å². The van der Waals surface area contributed by atoms with Crippen molar-refractivity contribution >= 4 is 23.2 Å². The van der Waals surface area contributed by atoms with Crippen LogP contribution in [0.1, 0.15) is 19.4 Å². The molecule has 0 heterocycles. The van der Waals surface area contributed by atoms with Gasteiger partial charge >= 0.3 is 0 Å². The summed E-state index contributed by atoms with van der Waals surface area (Å²) >= 11 is 0. The molecule has 0 bridgehead atoms. The van der Waals surface area contributed by atoms with Crippen LogP contribution in [0.5, 0.6) is 5.75 Å². The number of nitrogens with zero attached hydrogens (tertiary/aromatic N) is 1. The molecule has 2 rings (SSSR count). The van der Waals surface area contributed by atoms with Crippen LogP contribution in [0.15, 0.2) is 48.5 Å². The predicted octanol–water partition coefficient (Wildman–Crippen LogP) is 2.92. The van der Waals surface area contributed by atoms with Gasteiger partial charge in [0, 0.05) is 18.3 Å². The maximum atomic E-state index is 12.1. The van der Waals surface area contributed by atoms with Gasteiger partial charge in [-0.2, -0.15) is 5.26 Å². The van der Waals surface area contributed by atoms with Gasteiger partial charge in [0.05, 0.1) is 11.6 Å². The highest BCUT2D eigenvalue weighted by molar-refractivity contribution is 5.94. The first kappa shape index (κ1) is 17.0. The molecule has 6 heteroatoms. The minimum absolute atomic E-state index is 0.156. The number of benzene rings is 2. The first-order valence-corrected chi connectivity index (χ1v) is 7.33. The standard InChI is InChI=1S/C18H17N3O3/c1-12(24-17-9-3-14(11-19)4-10-17)18(23)21-16-7-5-15(6-8-16)20-13(2)22/h3-10,12H,1-2H3,(H,20,22)(H,21,23). The fourth-order valence-electron chi connectivity index (χ4n) is 1.95. The van der Waals surface area contributed by atoms with Crippen molar-refractivity contribution in [1.29, 1.82) is 5.26 Å². The second-order valence-corrected chi connectivity index (χ2v) is 5.14. The summed E-state index contributed by atoms with van der Waals surface area (Å²) < 4.78 is 5.55. The summed E-state index contributed by atoms with van der Waals surface area (Å²) in [7, 11) is 0. The fourth-order valence-corrected chi connectivity index (χ4v) is 1.95. The molecule has 1 unspecified atom stereocenters. The number of anilines is 2. The zero-order valence-corrected chi connectivity index (χ0v) is 13.4. The van der Waals surface area contributed by atoms with Crippen molar-refractivity contribution in [3.8, 4) is 11.8 Å². The zero-order chi connectivity index (χ0) is 17.5. The van der Waals surface area contributed by atoms with Crippen LogP contribution in [0.2, 0.25) is 0 Å². The van der Waals surface area contributed by atoms with Crippen LogP contribution in [-0.2, 0) is 9.59 Å². The maximum absolute atomic E-state index is 12.1. The molecule has 2 aromatic carbocycles. The fraction of sp³-hybridized carbons (Fsp3) is 0.167. The van der Waals surface area contributed by atoms with Gasteiger partial charge in [-0.05, 0) is 55.5 Å². The first-order chi connectivity index (χ1) is 11.5. The van der Waals surface area contributed by atoms with E-state index in [4.69, 9.17) is 10.00 Å². The van der Waals surface area contributed by atoms with Crippen molar-refractivity contribution in [1.82, 2.24) is 0 Å². The SMILES string of the molecule is CC(=O)Nc1ccc(NC(=O)C(C)Oc2ccc(C#N)cc2)cc1. The number of carbonyl (C=O) groups excluding carboxylic acids is 2. The van der Waals surface area contributed by atoms with E-state index in [9.17, 15) is 9.59 Å². The maximum Gasteiger partial charge on any atom is 0.265 e. The van der Waals surface area contributed by atoms with Gasteiger partial charge in [-0.3, -0.25) is 9.59 Å². The molecule has 0 saturated heterocycles. The Bertz CT molecular complexity index is 762. The average Bonchev–Trinajstić information content (AvgIpc) is 2.56. The molecule has 122 valence electrons. The molecular formula is C18H17N3O3. The van der Waals surface area contributed by atoms with Crippen LogP contribution < -0.4 is 15.4 Å². The summed E-state index contributed by atoms with van der Waals surface area (Å²) in [6.45, 7) is 3.07. The minimum atomic E-state index is -0.701. The Kier molecular flexibility index (Phi) is 5.53. The molecule has 0 fully saturated rings. The van der Waals surface area contributed by atoms with Crippen LogP contribution in [0, 0.1) is 11.3 Å². The molecule has 0 aliphatic rings. The van der Waals surface area contributed by atoms with Gasteiger partial charge in [0.1, 0.15) is 5.75 Å². The quantitative estimate of drug-likeness (QED) is 0.885. The van der Waals surface area contributed by atoms with Gasteiger partial charge in [-0.1, -0.05) is 0 Å². The number of nitrogens with one attached hydrogen (secondary N) is 2. The molecule has 2 aromatic rings. The number of hydrogen-bond donors (Lipinski definition) is 2. The minimum Gasteiger partial charge on any atom is -0.481 e. The number of amides is 2. The smallest absolute Gasteiger partial charge is 0.265 e. The Morgan fingerprint density at radius 1 is 1.00 bits per heavy atom. The number of nitriles is 1. The molecule has 0 radical (unpaired) electrons. The molecule has 0 aliphatic carbocycles. The van der Waals surface area contributed by atoms with Gasteiger partial charge in [-0.15, -0.1) is 0 Å². The van der Waals surface area contributed by atoms with Crippen molar-refractivity contribution in [2.45, 2.75) is 20.0 Å². The number of carbonyl (C=O) groups is 2. The summed E-state index contributed by atoms with van der Waals surface area (Å²) in [5, 5.41) is 14.1. The van der Waals surface area contributed by atoms with E-state index >= 15 is 0 Å². The van der Waals surface area contributed by atoms with E-state index in [1.54, 1.807) is 55.5 Å². The van der Waals surface area contributed by atoms with Gasteiger partial charge in [0.25, 0.3) is 5.91 Å². The van der Waals surface area contributed by atoms with Gasteiger partial charge < -0.3 is 15.4 Å². The molecule has 0 aromatic heterocycles. The van der Waals surface area contributed by atoms with E-state index in [0.29, 0.717) is 22.7 Å². The Balaban J connectivity index is 1.93. The lowest BCUT2D eigenvalue weighted by molar-refractivity contribution is -0.122. The zero-order valence-electron chi connectivity index (χ0n) is 13.4. The lowest BCUT2D eigenvalue weighted by Gasteiger charge is -2.15. The lowest BCUT2D eigenvalue weighted by Crippen LogP contribution is -2.30.